The number of piperidine rings is 1. The summed E-state index contributed by atoms with van der Waals surface area (Å²) in [5.41, 5.74) is -0.401. The van der Waals surface area contributed by atoms with Crippen LogP contribution in [-0.4, -0.2) is 30.7 Å². The van der Waals surface area contributed by atoms with Crippen LogP contribution in [0.15, 0.2) is 10.3 Å². The van der Waals surface area contributed by atoms with Gasteiger partial charge in [-0.2, -0.15) is 9.57 Å². The number of hydrogen-bond acceptors (Lipinski definition) is 6. The van der Waals surface area contributed by atoms with Crippen molar-refractivity contribution in [3.05, 3.63) is 20.5 Å². The fourth-order valence-corrected chi connectivity index (χ4v) is 5.23. The highest BCUT2D eigenvalue weighted by molar-refractivity contribution is 7.91. The summed E-state index contributed by atoms with van der Waals surface area (Å²) in [5.74, 6) is -0.136. The normalized spacial score (nSPS) is 17.8. The molecule has 2 rings (SSSR count). The van der Waals surface area contributed by atoms with E-state index in [2.05, 4.69) is 6.07 Å². The van der Waals surface area contributed by atoms with Gasteiger partial charge in [0.05, 0.1) is 11.0 Å². The molecule has 0 bridgehead atoms. The summed E-state index contributed by atoms with van der Waals surface area (Å²) >= 11 is 6.36. The standard InChI is InChI=1S/C10H10ClN3O4S2/c11-10-8(14(15)16)5-9(19-10)20(17,18)13-3-1-7(6-12)2-4-13/h5,7H,1-4H2. The third-order valence-electron chi connectivity index (χ3n) is 3.07. The van der Waals surface area contributed by atoms with E-state index in [-0.39, 0.29) is 27.6 Å². The maximum atomic E-state index is 12.3. The number of nitrogens with zero attached hydrogens (tertiary/aromatic N) is 3. The van der Waals surface area contributed by atoms with Crippen molar-refractivity contribution < 1.29 is 13.3 Å². The van der Waals surface area contributed by atoms with Gasteiger partial charge in [-0.05, 0) is 12.8 Å². The van der Waals surface area contributed by atoms with E-state index in [0.29, 0.717) is 24.2 Å². The summed E-state index contributed by atoms with van der Waals surface area (Å²) in [6.07, 6.45) is 0.938. The van der Waals surface area contributed by atoms with Crippen LogP contribution in [0.3, 0.4) is 0 Å². The molecule has 7 nitrogen and oxygen atoms in total. The van der Waals surface area contributed by atoms with E-state index in [4.69, 9.17) is 16.9 Å². The van der Waals surface area contributed by atoms with Crippen LogP contribution in [0.4, 0.5) is 5.69 Å². The molecule has 1 saturated heterocycles. The van der Waals surface area contributed by atoms with E-state index < -0.39 is 20.6 Å². The Balaban J connectivity index is 2.26. The second-order valence-corrected chi connectivity index (χ2v) is 8.11. The molecule has 0 spiro atoms. The minimum Gasteiger partial charge on any atom is -0.258 e. The van der Waals surface area contributed by atoms with Crippen molar-refractivity contribution >= 4 is 38.6 Å². The largest absolute Gasteiger partial charge is 0.300 e. The van der Waals surface area contributed by atoms with Crippen LogP contribution in [0.1, 0.15) is 12.8 Å². The molecule has 1 fully saturated rings. The lowest BCUT2D eigenvalue weighted by Gasteiger charge is -2.27. The highest BCUT2D eigenvalue weighted by atomic mass is 35.5. The first kappa shape index (κ1) is 15.2. The van der Waals surface area contributed by atoms with Gasteiger partial charge in [-0.3, -0.25) is 10.1 Å². The minimum absolute atomic E-state index is 0.135. The molecule has 108 valence electrons. The first-order valence-electron chi connectivity index (χ1n) is 5.69. The molecule has 2 heterocycles. The smallest absolute Gasteiger partial charge is 0.258 e. The Labute approximate surface area is 124 Å². The Morgan fingerprint density at radius 1 is 1.50 bits per heavy atom. The van der Waals surface area contributed by atoms with Gasteiger partial charge in [-0.1, -0.05) is 11.6 Å². The van der Waals surface area contributed by atoms with Crippen molar-refractivity contribution in [2.75, 3.05) is 13.1 Å². The van der Waals surface area contributed by atoms with Gasteiger partial charge in [0.1, 0.15) is 4.21 Å². The number of halogens is 1. The van der Waals surface area contributed by atoms with Crippen molar-refractivity contribution in [1.29, 1.82) is 5.26 Å². The average molecular weight is 336 g/mol. The molecule has 1 aliphatic heterocycles. The number of hydrogen-bond donors (Lipinski definition) is 0. The van der Waals surface area contributed by atoms with Crippen molar-refractivity contribution in [2.24, 2.45) is 5.92 Å². The first-order valence-corrected chi connectivity index (χ1v) is 8.33. The van der Waals surface area contributed by atoms with Crippen LogP contribution in [0.5, 0.6) is 0 Å². The van der Waals surface area contributed by atoms with Crippen molar-refractivity contribution in [3.8, 4) is 6.07 Å². The zero-order chi connectivity index (χ0) is 14.9. The molecule has 0 aliphatic carbocycles. The van der Waals surface area contributed by atoms with Crippen LogP contribution < -0.4 is 0 Å². The number of thiophene rings is 1. The number of nitro groups is 1. The SMILES string of the molecule is N#CC1CCN(S(=O)(=O)c2cc([N+](=O)[O-])c(Cl)s2)CC1. The molecule has 0 radical (unpaired) electrons. The van der Waals surface area contributed by atoms with Crippen molar-refractivity contribution in [2.45, 2.75) is 17.1 Å². The molecule has 0 N–H and O–H groups in total. The lowest BCUT2D eigenvalue weighted by molar-refractivity contribution is -0.384. The Bertz CT molecular complexity index is 671. The van der Waals surface area contributed by atoms with Gasteiger partial charge >= 0.3 is 0 Å². The Morgan fingerprint density at radius 3 is 2.55 bits per heavy atom. The number of sulfonamides is 1. The van der Waals surface area contributed by atoms with Crippen LogP contribution in [-0.2, 0) is 10.0 Å². The molecular formula is C10H10ClN3O4S2. The van der Waals surface area contributed by atoms with Crippen LogP contribution >= 0.6 is 22.9 Å². The molecule has 0 saturated carbocycles. The second kappa shape index (κ2) is 5.65. The lowest BCUT2D eigenvalue weighted by atomic mass is 10.0. The van der Waals surface area contributed by atoms with Gasteiger partial charge in [-0.15, -0.1) is 11.3 Å². The summed E-state index contributed by atoms with van der Waals surface area (Å²) in [4.78, 5) is 9.99. The van der Waals surface area contributed by atoms with E-state index in [0.717, 1.165) is 6.07 Å². The molecule has 0 amide bonds. The van der Waals surface area contributed by atoms with Crippen LogP contribution in [0, 0.1) is 27.4 Å². The summed E-state index contributed by atoms with van der Waals surface area (Å²) in [5, 5.41) is 19.5. The monoisotopic (exact) mass is 335 g/mol. The van der Waals surface area contributed by atoms with Gasteiger partial charge in [0.25, 0.3) is 15.7 Å². The zero-order valence-corrected chi connectivity index (χ0v) is 12.5. The molecule has 0 aromatic carbocycles. The fraction of sp³-hybridized carbons (Fsp3) is 0.500. The first-order chi connectivity index (χ1) is 9.36. The molecule has 20 heavy (non-hydrogen) atoms. The van der Waals surface area contributed by atoms with Crippen molar-refractivity contribution in [1.82, 2.24) is 4.31 Å². The quantitative estimate of drug-likeness (QED) is 0.622. The predicted octanol–water partition coefficient (Wildman–Crippen LogP) is 2.23. The third-order valence-corrected chi connectivity index (χ3v) is 6.76. The number of nitriles is 1. The van der Waals surface area contributed by atoms with Gasteiger partial charge in [0.2, 0.25) is 0 Å². The summed E-state index contributed by atoms with van der Waals surface area (Å²) in [6, 6.07) is 3.10. The molecular weight excluding hydrogens is 326 g/mol. The highest BCUT2D eigenvalue weighted by Crippen LogP contribution is 2.38. The van der Waals surface area contributed by atoms with E-state index >= 15 is 0 Å². The maximum Gasteiger partial charge on any atom is 0.300 e. The van der Waals surface area contributed by atoms with Crippen LogP contribution in [0.25, 0.3) is 0 Å². The molecule has 0 unspecified atom stereocenters. The van der Waals surface area contributed by atoms with Gasteiger partial charge in [0, 0.05) is 25.1 Å². The van der Waals surface area contributed by atoms with Crippen molar-refractivity contribution in [3.63, 3.8) is 0 Å². The van der Waals surface area contributed by atoms with Gasteiger partial charge < -0.3 is 0 Å². The average Bonchev–Trinajstić information content (AvgIpc) is 2.82. The van der Waals surface area contributed by atoms with Gasteiger partial charge in [-0.25, -0.2) is 8.42 Å². The Hall–Kier alpha value is -1.21. The predicted molar refractivity (Wildman–Crippen MR) is 73.1 cm³/mol. The minimum atomic E-state index is -3.78. The molecule has 1 aromatic heterocycles. The summed E-state index contributed by atoms with van der Waals surface area (Å²) < 4.78 is 25.6. The lowest BCUT2D eigenvalue weighted by Crippen LogP contribution is -2.37. The van der Waals surface area contributed by atoms with Gasteiger partial charge in [0.15, 0.2) is 4.34 Å². The molecule has 1 aliphatic rings. The van der Waals surface area contributed by atoms with E-state index in [1.165, 1.54) is 4.31 Å². The second-order valence-electron chi connectivity index (χ2n) is 4.29. The maximum absolute atomic E-state index is 12.3. The Morgan fingerprint density at radius 2 is 2.10 bits per heavy atom. The topological polar surface area (TPSA) is 104 Å². The van der Waals surface area contributed by atoms with E-state index in [1.807, 2.05) is 0 Å². The number of rotatable bonds is 3. The molecule has 10 heteroatoms. The molecule has 1 aromatic rings. The third kappa shape index (κ3) is 2.78. The zero-order valence-electron chi connectivity index (χ0n) is 10.2. The molecule has 0 atom stereocenters. The fourth-order valence-electron chi connectivity index (χ4n) is 1.94. The van der Waals surface area contributed by atoms with E-state index in [1.54, 1.807) is 0 Å². The highest BCUT2D eigenvalue weighted by Gasteiger charge is 2.33. The summed E-state index contributed by atoms with van der Waals surface area (Å²) in [7, 11) is -3.78. The summed E-state index contributed by atoms with van der Waals surface area (Å²) in [6.45, 7) is 0.480. The Kier molecular flexibility index (Phi) is 4.29. The van der Waals surface area contributed by atoms with E-state index in [9.17, 15) is 18.5 Å². The van der Waals surface area contributed by atoms with Crippen LogP contribution in [0.2, 0.25) is 4.34 Å².